The molecule has 2 bridgehead atoms. The van der Waals surface area contributed by atoms with Crippen LogP contribution < -0.4 is 9.47 Å². The summed E-state index contributed by atoms with van der Waals surface area (Å²) < 4.78 is 17.3. The molecule has 6 nitrogen and oxygen atoms in total. The van der Waals surface area contributed by atoms with E-state index >= 15 is 0 Å². The van der Waals surface area contributed by atoms with E-state index in [1.807, 2.05) is 41.3 Å². The van der Waals surface area contributed by atoms with Gasteiger partial charge in [0.05, 0.1) is 18.8 Å². The van der Waals surface area contributed by atoms with E-state index in [0.717, 1.165) is 64.2 Å². The molecule has 2 aromatic rings. The zero-order valence-corrected chi connectivity index (χ0v) is 19.9. The molecule has 0 aliphatic carbocycles. The van der Waals surface area contributed by atoms with Crippen LogP contribution in [0.5, 0.6) is 11.5 Å². The minimum atomic E-state index is 0.0652. The van der Waals surface area contributed by atoms with E-state index in [2.05, 4.69) is 17.0 Å². The number of methoxy groups -OCH3 is 2. The molecule has 0 N–H and O–H groups in total. The lowest BCUT2D eigenvalue weighted by atomic mass is 9.89. The van der Waals surface area contributed by atoms with Gasteiger partial charge >= 0.3 is 0 Å². The number of hydrogen-bond donors (Lipinski definition) is 0. The number of fused-ring (bicyclic) bond motifs is 3. The monoisotopic (exact) mass is 452 g/mol. The van der Waals surface area contributed by atoms with Crippen molar-refractivity contribution in [3.63, 3.8) is 0 Å². The van der Waals surface area contributed by atoms with Gasteiger partial charge < -0.3 is 19.1 Å². The van der Waals surface area contributed by atoms with Gasteiger partial charge in [0.25, 0.3) is 5.91 Å². The molecule has 1 fully saturated rings. The van der Waals surface area contributed by atoms with Crippen LogP contribution in [0.2, 0.25) is 0 Å². The molecule has 0 aromatic heterocycles. The lowest BCUT2D eigenvalue weighted by molar-refractivity contribution is -0.00702. The van der Waals surface area contributed by atoms with Crippen molar-refractivity contribution in [1.82, 2.24) is 9.80 Å². The predicted octanol–water partition coefficient (Wildman–Crippen LogP) is 4.24. The summed E-state index contributed by atoms with van der Waals surface area (Å²) in [4.78, 5) is 17.8. The zero-order chi connectivity index (χ0) is 23.0. The van der Waals surface area contributed by atoms with Gasteiger partial charge in [-0.1, -0.05) is 30.7 Å². The third-order valence-corrected chi connectivity index (χ3v) is 6.88. The van der Waals surface area contributed by atoms with Crippen molar-refractivity contribution in [2.24, 2.45) is 5.92 Å². The molecular weight excluding hydrogens is 416 g/mol. The Balaban J connectivity index is 1.52. The molecule has 2 aromatic carbocycles. The van der Waals surface area contributed by atoms with Gasteiger partial charge in [-0.25, -0.2) is 0 Å². The highest BCUT2D eigenvalue weighted by molar-refractivity contribution is 5.97. The summed E-state index contributed by atoms with van der Waals surface area (Å²) in [6, 6.07) is 15.9. The maximum atomic E-state index is 13.4. The summed E-state index contributed by atoms with van der Waals surface area (Å²) in [7, 11) is 3.50. The largest absolute Gasteiger partial charge is 0.497 e. The van der Waals surface area contributed by atoms with E-state index in [0.29, 0.717) is 23.8 Å². The summed E-state index contributed by atoms with van der Waals surface area (Å²) in [6.45, 7) is 4.68. The smallest absolute Gasteiger partial charge is 0.257 e. The fourth-order valence-corrected chi connectivity index (χ4v) is 5.05. The van der Waals surface area contributed by atoms with Gasteiger partial charge in [0.15, 0.2) is 0 Å². The van der Waals surface area contributed by atoms with Crippen LogP contribution in [0.4, 0.5) is 0 Å². The number of rotatable bonds is 4. The third-order valence-electron chi connectivity index (χ3n) is 6.88. The van der Waals surface area contributed by atoms with Gasteiger partial charge in [-0.3, -0.25) is 9.69 Å². The summed E-state index contributed by atoms with van der Waals surface area (Å²) in [5.41, 5.74) is 1.89. The van der Waals surface area contributed by atoms with E-state index < -0.39 is 0 Å². The SMILES string of the molecule is COc1cccc(CN2CCCC[C@@H]3CN(CC[C@@H]3OC)C(=O)c3ccccc3OCC2)c1. The van der Waals surface area contributed by atoms with Gasteiger partial charge in [-0.2, -0.15) is 0 Å². The number of para-hydroxylation sites is 1. The summed E-state index contributed by atoms with van der Waals surface area (Å²) in [5, 5.41) is 0. The lowest BCUT2D eigenvalue weighted by Crippen LogP contribution is -2.46. The van der Waals surface area contributed by atoms with Gasteiger partial charge in [-0.15, -0.1) is 0 Å². The zero-order valence-electron chi connectivity index (χ0n) is 19.9. The van der Waals surface area contributed by atoms with Gasteiger partial charge in [0, 0.05) is 39.2 Å². The average Bonchev–Trinajstić information content (AvgIpc) is 2.85. The first-order valence-electron chi connectivity index (χ1n) is 12.1. The van der Waals surface area contributed by atoms with Crippen molar-refractivity contribution < 1.29 is 19.0 Å². The van der Waals surface area contributed by atoms with Crippen molar-refractivity contribution in [3.8, 4) is 11.5 Å². The minimum absolute atomic E-state index is 0.0652. The number of amides is 1. The quantitative estimate of drug-likeness (QED) is 0.695. The fourth-order valence-electron chi connectivity index (χ4n) is 5.05. The third kappa shape index (κ3) is 6.06. The Morgan fingerprint density at radius 3 is 2.73 bits per heavy atom. The van der Waals surface area contributed by atoms with Crippen LogP contribution in [-0.2, 0) is 11.3 Å². The first-order valence-corrected chi connectivity index (χ1v) is 12.1. The van der Waals surface area contributed by atoms with Gasteiger partial charge in [-0.05, 0) is 55.6 Å². The molecule has 2 aliphatic heterocycles. The molecule has 2 atom stereocenters. The second-order valence-corrected chi connectivity index (χ2v) is 9.04. The molecule has 2 aliphatic rings. The Kier molecular flexibility index (Phi) is 8.24. The Morgan fingerprint density at radius 2 is 1.88 bits per heavy atom. The Hall–Kier alpha value is -2.57. The Morgan fingerprint density at radius 1 is 1.00 bits per heavy atom. The van der Waals surface area contributed by atoms with Crippen LogP contribution >= 0.6 is 0 Å². The van der Waals surface area contributed by atoms with Crippen molar-refractivity contribution in [3.05, 3.63) is 59.7 Å². The van der Waals surface area contributed by atoms with Crippen LogP contribution in [0, 0.1) is 5.92 Å². The normalized spacial score (nSPS) is 22.7. The fraction of sp³-hybridized carbons (Fsp3) is 0.519. The average molecular weight is 453 g/mol. The number of piperidine rings is 1. The molecule has 2 heterocycles. The van der Waals surface area contributed by atoms with E-state index in [1.54, 1.807) is 14.2 Å². The first-order chi connectivity index (χ1) is 16.2. The molecule has 6 heteroatoms. The molecule has 4 rings (SSSR count). The first kappa shape index (κ1) is 23.6. The standard InChI is InChI=1S/C27H36N2O4/c1-31-23-10-7-8-21(18-23)19-28-14-6-5-9-22-20-29(15-13-25(22)32-2)27(30)24-11-3-4-12-26(24)33-17-16-28/h3-4,7-8,10-12,18,22,25H,5-6,9,13-17,19-20H2,1-2H3/t22-,25+/m1/s1. The maximum Gasteiger partial charge on any atom is 0.257 e. The van der Waals surface area contributed by atoms with Gasteiger partial charge in [0.2, 0.25) is 0 Å². The van der Waals surface area contributed by atoms with Crippen molar-refractivity contribution >= 4 is 5.91 Å². The second-order valence-electron chi connectivity index (χ2n) is 9.04. The summed E-state index contributed by atoms with van der Waals surface area (Å²) >= 11 is 0. The van der Waals surface area contributed by atoms with E-state index in [1.165, 1.54) is 5.56 Å². The highest BCUT2D eigenvalue weighted by Gasteiger charge is 2.32. The van der Waals surface area contributed by atoms with Crippen LogP contribution in [0.1, 0.15) is 41.6 Å². The Bertz CT molecular complexity index is 918. The van der Waals surface area contributed by atoms with E-state index in [4.69, 9.17) is 14.2 Å². The highest BCUT2D eigenvalue weighted by Crippen LogP contribution is 2.28. The molecule has 33 heavy (non-hydrogen) atoms. The number of benzene rings is 2. The molecule has 0 spiro atoms. The topological polar surface area (TPSA) is 51.2 Å². The molecule has 1 saturated heterocycles. The summed E-state index contributed by atoms with van der Waals surface area (Å²) in [5.74, 6) is 1.99. The molecule has 0 radical (unpaired) electrons. The van der Waals surface area contributed by atoms with Crippen molar-refractivity contribution in [1.29, 1.82) is 0 Å². The van der Waals surface area contributed by atoms with Crippen LogP contribution in [0.25, 0.3) is 0 Å². The second kappa shape index (κ2) is 11.5. The van der Waals surface area contributed by atoms with Crippen molar-refractivity contribution in [2.45, 2.75) is 38.3 Å². The number of carbonyl (C=O) groups excluding carboxylic acids is 1. The molecule has 178 valence electrons. The van der Waals surface area contributed by atoms with E-state index in [-0.39, 0.29) is 12.0 Å². The lowest BCUT2D eigenvalue weighted by Gasteiger charge is -2.38. The molecular formula is C27H36N2O4. The highest BCUT2D eigenvalue weighted by atomic mass is 16.5. The number of nitrogens with zero attached hydrogens (tertiary/aromatic N) is 2. The van der Waals surface area contributed by atoms with Crippen LogP contribution in [0.3, 0.4) is 0 Å². The van der Waals surface area contributed by atoms with E-state index in [9.17, 15) is 4.79 Å². The van der Waals surface area contributed by atoms with Crippen molar-refractivity contribution in [2.75, 3.05) is 47.0 Å². The Labute approximate surface area is 197 Å². The number of hydrogen-bond acceptors (Lipinski definition) is 5. The minimum Gasteiger partial charge on any atom is -0.497 e. The van der Waals surface area contributed by atoms with Crippen LogP contribution in [0.15, 0.2) is 48.5 Å². The molecule has 0 saturated carbocycles. The predicted molar refractivity (Wildman–Crippen MR) is 129 cm³/mol. The van der Waals surface area contributed by atoms with Crippen LogP contribution in [-0.4, -0.2) is 68.8 Å². The van der Waals surface area contributed by atoms with Gasteiger partial charge in [0.1, 0.15) is 18.1 Å². The summed E-state index contributed by atoms with van der Waals surface area (Å²) in [6.07, 6.45) is 4.42. The molecule has 0 unspecified atom stereocenters. The number of ether oxygens (including phenoxy) is 3. The maximum absolute atomic E-state index is 13.4. The molecule has 1 amide bonds. The number of carbonyl (C=O) groups is 1.